The van der Waals surface area contributed by atoms with Crippen molar-refractivity contribution in [3.8, 4) is 0 Å². The molecule has 0 saturated carbocycles. The molecule has 0 aliphatic carbocycles. The number of rotatable bonds is 10. The summed E-state index contributed by atoms with van der Waals surface area (Å²) >= 11 is 0. The van der Waals surface area contributed by atoms with E-state index in [4.69, 9.17) is 9.84 Å². The number of hydrogen-bond acceptors (Lipinski definition) is 5. The molecule has 0 atom stereocenters. The van der Waals surface area contributed by atoms with Crippen molar-refractivity contribution in [1.29, 1.82) is 0 Å². The number of anilines is 1. The highest BCUT2D eigenvalue weighted by Crippen LogP contribution is 2.22. The zero-order valence-corrected chi connectivity index (χ0v) is 14.2. The molecule has 0 heterocycles. The Hall–Kier alpha value is -2.17. The lowest BCUT2D eigenvalue weighted by Gasteiger charge is -2.19. The van der Waals surface area contributed by atoms with Crippen molar-refractivity contribution in [2.45, 2.75) is 13.3 Å². The summed E-state index contributed by atoms with van der Waals surface area (Å²) in [6.45, 7) is 2.91. The lowest BCUT2D eigenvalue weighted by Crippen LogP contribution is -2.34. The van der Waals surface area contributed by atoms with E-state index in [2.05, 4.69) is 4.72 Å². The van der Waals surface area contributed by atoms with E-state index in [1.807, 2.05) is 6.92 Å². The van der Waals surface area contributed by atoms with E-state index in [-0.39, 0.29) is 12.2 Å². The van der Waals surface area contributed by atoms with Crippen LogP contribution in [0.4, 0.5) is 5.69 Å². The molecule has 10 heteroatoms. The third kappa shape index (κ3) is 5.18. The first-order valence-corrected chi connectivity index (χ1v) is 8.56. The van der Waals surface area contributed by atoms with E-state index in [1.54, 1.807) is 0 Å². The van der Waals surface area contributed by atoms with Gasteiger partial charge in [-0.2, -0.15) is 12.7 Å². The molecule has 0 amide bonds. The summed E-state index contributed by atoms with van der Waals surface area (Å²) in [7, 11) is -2.70. The number of nitrogens with one attached hydrogen (secondary N) is 1. The second-order valence-corrected chi connectivity index (χ2v) is 6.60. The van der Waals surface area contributed by atoms with Crippen LogP contribution < -0.4 is 4.72 Å². The van der Waals surface area contributed by atoms with E-state index >= 15 is 0 Å². The van der Waals surface area contributed by atoms with Crippen molar-refractivity contribution in [3.63, 3.8) is 0 Å². The van der Waals surface area contributed by atoms with Gasteiger partial charge in [0.15, 0.2) is 0 Å². The average Bonchev–Trinajstić information content (AvgIpc) is 2.50. The second kappa shape index (κ2) is 8.62. The van der Waals surface area contributed by atoms with Gasteiger partial charge in [-0.1, -0.05) is 6.07 Å². The monoisotopic (exact) mass is 360 g/mol. The number of ether oxygens (including phenoxy) is 1. The summed E-state index contributed by atoms with van der Waals surface area (Å²) in [5.41, 5.74) is -1.42. The van der Waals surface area contributed by atoms with Crippen LogP contribution in [0.1, 0.15) is 34.1 Å². The Morgan fingerprint density at radius 3 is 2.46 bits per heavy atom. The number of aromatic carboxylic acids is 2. The quantitative estimate of drug-likeness (QED) is 0.532. The number of hydrogen-bond donors (Lipinski definition) is 3. The minimum atomic E-state index is -4.03. The molecule has 0 aliphatic heterocycles. The van der Waals surface area contributed by atoms with Crippen molar-refractivity contribution >= 4 is 27.8 Å². The van der Waals surface area contributed by atoms with Crippen molar-refractivity contribution in [1.82, 2.24) is 4.31 Å². The first-order chi connectivity index (χ1) is 11.2. The van der Waals surface area contributed by atoms with Crippen LogP contribution in [0.25, 0.3) is 0 Å². The predicted molar refractivity (Wildman–Crippen MR) is 86.6 cm³/mol. The molecule has 0 radical (unpaired) electrons. The smallest absolute Gasteiger partial charge is 0.338 e. The molecule has 0 spiro atoms. The summed E-state index contributed by atoms with van der Waals surface area (Å²) in [5, 5.41) is 18.3. The van der Waals surface area contributed by atoms with Gasteiger partial charge in [-0.15, -0.1) is 0 Å². The van der Waals surface area contributed by atoms with Crippen LogP contribution in [-0.2, 0) is 14.9 Å². The fourth-order valence-corrected chi connectivity index (χ4v) is 2.89. The molecule has 9 nitrogen and oxygen atoms in total. The Morgan fingerprint density at radius 2 is 1.92 bits per heavy atom. The maximum Gasteiger partial charge on any atom is 0.338 e. The zero-order chi connectivity index (χ0) is 18.3. The third-order valence-corrected chi connectivity index (χ3v) is 4.60. The Kier molecular flexibility index (Phi) is 7.14. The number of carboxylic acid groups (broad SMARTS) is 2. The van der Waals surface area contributed by atoms with Crippen molar-refractivity contribution in [2.24, 2.45) is 0 Å². The number of nitrogens with zero attached hydrogens (tertiary/aromatic N) is 1. The van der Waals surface area contributed by atoms with Gasteiger partial charge in [0.05, 0.1) is 16.8 Å². The standard InChI is InChI=1S/C14H20N2O7S/c1-3-23-9-5-8-16(2)24(21,22)15-11-7-4-6-10(13(17)18)12(11)14(19)20/h4,6-7,15H,3,5,8-9H2,1-2H3,(H,17,18)(H,19,20). The van der Waals surface area contributed by atoms with E-state index in [0.717, 1.165) is 10.4 Å². The van der Waals surface area contributed by atoms with Gasteiger partial charge >= 0.3 is 22.1 Å². The average molecular weight is 360 g/mol. The van der Waals surface area contributed by atoms with E-state index in [0.29, 0.717) is 19.6 Å². The van der Waals surface area contributed by atoms with E-state index < -0.39 is 33.3 Å². The molecule has 0 aromatic heterocycles. The van der Waals surface area contributed by atoms with Crippen LogP contribution in [0.3, 0.4) is 0 Å². The Morgan fingerprint density at radius 1 is 1.25 bits per heavy atom. The van der Waals surface area contributed by atoms with E-state index in [9.17, 15) is 23.1 Å². The Labute approximate surface area is 140 Å². The van der Waals surface area contributed by atoms with Crippen molar-refractivity contribution in [3.05, 3.63) is 29.3 Å². The maximum absolute atomic E-state index is 12.3. The highest BCUT2D eigenvalue weighted by Gasteiger charge is 2.24. The Balaban J connectivity index is 3.01. The predicted octanol–water partition coefficient (Wildman–Crippen LogP) is 1.10. The highest BCUT2D eigenvalue weighted by molar-refractivity contribution is 7.90. The maximum atomic E-state index is 12.3. The summed E-state index contributed by atoms with van der Waals surface area (Å²) < 4.78 is 32.8. The Bertz CT molecular complexity index is 703. The van der Waals surface area contributed by atoms with Gasteiger partial charge in [0.25, 0.3) is 0 Å². The van der Waals surface area contributed by atoms with Crippen molar-refractivity contribution < 1.29 is 33.0 Å². The number of carboxylic acids is 2. The third-order valence-electron chi connectivity index (χ3n) is 3.12. The fraction of sp³-hybridized carbons (Fsp3) is 0.429. The van der Waals surface area contributed by atoms with Crippen LogP contribution in [0.15, 0.2) is 18.2 Å². The molecule has 0 unspecified atom stereocenters. The topological polar surface area (TPSA) is 133 Å². The minimum Gasteiger partial charge on any atom is -0.478 e. The summed E-state index contributed by atoms with van der Waals surface area (Å²) in [5.74, 6) is -3.00. The van der Waals surface area contributed by atoms with E-state index in [1.165, 1.54) is 19.2 Å². The van der Waals surface area contributed by atoms with Gasteiger partial charge in [-0.05, 0) is 25.5 Å². The first-order valence-electron chi connectivity index (χ1n) is 7.12. The van der Waals surface area contributed by atoms with Crippen LogP contribution in [-0.4, -0.2) is 61.7 Å². The second-order valence-electron chi connectivity index (χ2n) is 4.82. The molecule has 0 saturated heterocycles. The van der Waals surface area contributed by atoms with Gasteiger partial charge in [0.2, 0.25) is 0 Å². The van der Waals surface area contributed by atoms with Crippen LogP contribution in [0.5, 0.6) is 0 Å². The van der Waals surface area contributed by atoms with Crippen LogP contribution >= 0.6 is 0 Å². The highest BCUT2D eigenvalue weighted by atomic mass is 32.2. The number of benzene rings is 1. The molecule has 1 aromatic carbocycles. The number of carbonyl (C=O) groups is 2. The first kappa shape index (κ1) is 19.9. The van der Waals surface area contributed by atoms with Crippen molar-refractivity contribution in [2.75, 3.05) is 31.5 Å². The largest absolute Gasteiger partial charge is 0.478 e. The molecule has 1 aromatic rings. The summed E-state index contributed by atoms with van der Waals surface area (Å²) in [4.78, 5) is 22.4. The lowest BCUT2D eigenvalue weighted by molar-refractivity contribution is 0.0652. The van der Waals surface area contributed by atoms with Gasteiger partial charge in [-0.25, -0.2) is 9.59 Å². The van der Waals surface area contributed by atoms with Gasteiger partial charge in [0, 0.05) is 26.8 Å². The molecular formula is C14H20N2O7S. The molecule has 3 N–H and O–H groups in total. The molecule has 0 aliphatic rings. The lowest BCUT2D eigenvalue weighted by atomic mass is 10.1. The molecule has 24 heavy (non-hydrogen) atoms. The molecule has 134 valence electrons. The molecule has 0 fully saturated rings. The molecular weight excluding hydrogens is 340 g/mol. The van der Waals surface area contributed by atoms with Gasteiger partial charge in [0.1, 0.15) is 0 Å². The normalized spacial score (nSPS) is 11.5. The summed E-state index contributed by atoms with van der Waals surface area (Å²) in [6, 6.07) is 3.56. The molecule has 1 rings (SSSR count). The fourth-order valence-electron chi connectivity index (χ4n) is 1.92. The molecule has 0 bridgehead atoms. The SMILES string of the molecule is CCOCCCN(C)S(=O)(=O)Nc1cccc(C(=O)O)c1C(=O)O. The zero-order valence-electron chi connectivity index (χ0n) is 13.4. The van der Waals surface area contributed by atoms with Crippen LogP contribution in [0.2, 0.25) is 0 Å². The summed E-state index contributed by atoms with van der Waals surface area (Å²) in [6.07, 6.45) is 0.464. The van der Waals surface area contributed by atoms with Gasteiger partial charge in [-0.3, -0.25) is 4.72 Å². The van der Waals surface area contributed by atoms with Crippen LogP contribution in [0, 0.1) is 0 Å². The van der Waals surface area contributed by atoms with Gasteiger partial charge < -0.3 is 14.9 Å². The minimum absolute atomic E-state index is 0.163.